The summed E-state index contributed by atoms with van der Waals surface area (Å²) in [4.78, 5) is 0. The smallest absolute Gasteiger partial charge is 0.0750 e. The molecule has 0 heterocycles. The molecule has 0 saturated heterocycles. The molecule has 0 aliphatic heterocycles. The summed E-state index contributed by atoms with van der Waals surface area (Å²) < 4.78 is 0. The van der Waals surface area contributed by atoms with E-state index in [0.717, 1.165) is 12.0 Å². The molecular formula is C13H21B. The highest BCUT2D eigenvalue weighted by Crippen LogP contribution is 2.50. The van der Waals surface area contributed by atoms with E-state index in [1.807, 2.05) is 12.2 Å². The van der Waals surface area contributed by atoms with Gasteiger partial charge in [0.15, 0.2) is 0 Å². The van der Waals surface area contributed by atoms with Crippen molar-refractivity contribution in [3.8, 4) is 0 Å². The maximum atomic E-state index is 6.21. The largest absolute Gasteiger partial charge is 0.0991 e. The molecule has 0 aliphatic rings. The van der Waals surface area contributed by atoms with E-state index < -0.39 is 0 Å². The van der Waals surface area contributed by atoms with Crippen LogP contribution in [0.2, 0.25) is 5.31 Å². The van der Waals surface area contributed by atoms with E-state index in [2.05, 4.69) is 40.9 Å². The van der Waals surface area contributed by atoms with Crippen LogP contribution in [0.15, 0.2) is 37.0 Å². The van der Waals surface area contributed by atoms with Crippen LogP contribution in [0.3, 0.4) is 0 Å². The Hall–Kier alpha value is -0.715. The van der Waals surface area contributed by atoms with Crippen LogP contribution >= 0.6 is 0 Å². The minimum atomic E-state index is -0.259. The first kappa shape index (κ1) is 13.3. The molecule has 0 spiro atoms. The Morgan fingerprint density at radius 3 is 2.00 bits per heavy atom. The molecule has 1 unspecified atom stereocenters. The molecule has 0 rings (SSSR count). The normalized spacial score (nSPS) is 17.3. The van der Waals surface area contributed by atoms with Crippen LogP contribution in [0.4, 0.5) is 0 Å². The van der Waals surface area contributed by atoms with Crippen molar-refractivity contribution in [2.24, 2.45) is 5.41 Å². The van der Waals surface area contributed by atoms with E-state index in [1.54, 1.807) is 6.08 Å². The highest BCUT2D eigenvalue weighted by molar-refractivity contribution is 6.15. The maximum Gasteiger partial charge on any atom is 0.0750 e. The quantitative estimate of drug-likeness (QED) is 0.450. The van der Waals surface area contributed by atoms with Crippen LogP contribution in [0.1, 0.15) is 34.1 Å². The van der Waals surface area contributed by atoms with Crippen LogP contribution in [-0.4, -0.2) is 7.85 Å². The van der Waals surface area contributed by atoms with Gasteiger partial charge in [-0.15, -0.1) is 0 Å². The van der Waals surface area contributed by atoms with Crippen molar-refractivity contribution in [1.82, 2.24) is 0 Å². The van der Waals surface area contributed by atoms with E-state index in [4.69, 9.17) is 7.85 Å². The third-order valence-electron chi connectivity index (χ3n) is 3.28. The molecule has 0 nitrogen and oxygen atoms in total. The van der Waals surface area contributed by atoms with Gasteiger partial charge in [0.25, 0.3) is 0 Å². The van der Waals surface area contributed by atoms with Gasteiger partial charge in [-0.3, -0.25) is 0 Å². The minimum absolute atomic E-state index is 0.0526. The SMILES string of the molecule is [B]C(C)(C)C(C)(CC)/C(C=C)=C/C=C. The second kappa shape index (κ2) is 4.68. The predicted octanol–water partition coefficient (Wildman–Crippen LogP) is 4.07. The molecule has 0 N–H and O–H groups in total. The summed E-state index contributed by atoms with van der Waals surface area (Å²) in [6, 6.07) is 0. The first-order valence-corrected chi connectivity index (χ1v) is 5.08. The lowest BCUT2D eigenvalue weighted by atomic mass is 9.51. The van der Waals surface area contributed by atoms with Crippen molar-refractivity contribution in [1.29, 1.82) is 0 Å². The molecule has 76 valence electrons. The van der Waals surface area contributed by atoms with Gasteiger partial charge in [-0.05, 0) is 17.4 Å². The Morgan fingerprint density at radius 1 is 1.29 bits per heavy atom. The van der Waals surface area contributed by atoms with E-state index in [9.17, 15) is 0 Å². The zero-order valence-electron chi connectivity index (χ0n) is 9.93. The van der Waals surface area contributed by atoms with Crippen molar-refractivity contribution in [2.45, 2.75) is 39.4 Å². The Morgan fingerprint density at radius 2 is 1.79 bits per heavy atom. The first-order valence-electron chi connectivity index (χ1n) is 5.08. The minimum Gasteiger partial charge on any atom is -0.0991 e. The fraction of sp³-hybridized carbons (Fsp3) is 0.538. The van der Waals surface area contributed by atoms with Gasteiger partial charge in [0.2, 0.25) is 0 Å². The van der Waals surface area contributed by atoms with Gasteiger partial charge in [-0.25, -0.2) is 0 Å². The molecule has 14 heavy (non-hydrogen) atoms. The number of rotatable bonds is 5. The fourth-order valence-corrected chi connectivity index (χ4v) is 1.64. The molecule has 0 amide bonds. The van der Waals surface area contributed by atoms with E-state index in [-0.39, 0.29) is 10.7 Å². The van der Waals surface area contributed by atoms with Gasteiger partial charge >= 0.3 is 0 Å². The Balaban J connectivity index is 5.32. The van der Waals surface area contributed by atoms with Gasteiger partial charge in [0.1, 0.15) is 0 Å². The van der Waals surface area contributed by atoms with Crippen molar-refractivity contribution >= 4 is 7.85 Å². The average molecular weight is 188 g/mol. The van der Waals surface area contributed by atoms with Crippen molar-refractivity contribution < 1.29 is 0 Å². The molecular weight excluding hydrogens is 167 g/mol. The summed E-state index contributed by atoms with van der Waals surface area (Å²) >= 11 is 0. The van der Waals surface area contributed by atoms with Crippen LogP contribution in [-0.2, 0) is 0 Å². The molecule has 0 bridgehead atoms. The lowest BCUT2D eigenvalue weighted by molar-refractivity contribution is 0.290. The van der Waals surface area contributed by atoms with Crippen LogP contribution in [0, 0.1) is 5.41 Å². The molecule has 0 aliphatic carbocycles. The predicted molar refractivity (Wildman–Crippen MR) is 66.7 cm³/mol. The molecule has 0 fully saturated rings. The third-order valence-corrected chi connectivity index (χ3v) is 3.28. The van der Waals surface area contributed by atoms with Crippen LogP contribution in [0.5, 0.6) is 0 Å². The summed E-state index contributed by atoms with van der Waals surface area (Å²) in [7, 11) is 6.21. The lowest BCUT2D eigenvalue weighted by Crippen LogP contribution is -2.30. The molecule has 1 atom stereocenters. The number of hydrogen-bond donors (Lipinski definition) is 0. The molecule has 0 aromatic heterocycles. The monoisotopic (exact) mass is 188 g/mol. The first-order chi connectivity index (χ1) is 6.33. The zero-order valence-corrected chi connectivity index (χ0v) is 9.93. The summed E-state index contributed by atoms with van der Waals surface area (Å²) in [5.74, 6) is 0. The summed E-state index contributed by atoms with van der Waals surface area (Å²) in [6.45, 7) is 16.0. The highest BCUT2D eigenvalue weighted by Gasteiger charge is 2.36. The highest BCUT2D eigenvalue weighted by atomic mass is 14.4. The van der Waals surface area contributed by atoms with Crippen molar-refractivity contribution in [3.63, 3.8) is 0 Å². The van der Waals surface area contributed by atoms with Gasteiger partial charge in [0.05, 0.1) is 7.85 Å². The van der Waals surface area contributed by atoms with Gasteiger partial charge in [-0.2, -0.15) is 0 Å². The van der Waals surface area contributed by atoms with E-state index >= 15 is 0 Å². The van der Waals surface area contributed by atoms with Crippen LogP contribution in [0.25, 0.3) is 0 Å². The molecule has 1 heteroatoms. The van der Waals surface area contributed by atoms with Gasteiger partial charge in [-0.1, -0.05) is 64.4 Å². The summed E-state index contributed by atoms with van der Waals surface area (Å²) in [5.41, 5.74) is 1.10. The molecule has 0 aromatic carbocycles. The summed E-state index contributed by atoms with van der Waals surface area (Å²) in [5, 5.41) is -0.259. The Bertz CT molecular complexity index is 242. The van der Waals surface area contributed by atoms with Crippen LogP contribution < -0.4 is 0 Å². The second-order valence-corrected chi connectivity index (χ2v) is 4.47. The fourth-order valence-electron chi connectivity index (χ4n) is 1.64. The molecule has 0 saturated carbocycles. The third kappa shape index (κ3) is 2.40. The summed E-state index contributed by atoms with van der Waals surface area (Å²) in [6.07, 6.45) is 6.64. The Kier molecular flexibility index (Phi) is 4.44. The van der Waals surface area contributed by atoms with Gasteiger partial charge < -0.3 is 0 Å². The zero-order chi connectivity index (χ0) is 11.4. The Labute approximate surface area is 90.2 Å². The number of allylic oxidation sites excluding steroid dienone is 4. The second-order valence-electron chi connectivity index (χ2n) is 4.47. The van der Waals surface area contributed by atoms with Gasteiger partial charge in [0, 0.05) is 0 Å². The number of hydrogen-bond acceptors (Lipinski definition) is 0. The molecule has 2 radical (unpaired) electrons. The molecule has 0 aromatic rings. The average Bonchev–Trinajstić information content (AvgIpc) is 2.11. The lowest BCUT2D eigenvalue weighted by Gasteiger charge is -2.43. The topological polar surface area (TPSA) is 0 Å². The maximum absolute atomic E-state index is 6.21. The standard InChI is InChI=1S/C13H21B/c1-7-10-11(8-2)13(6,9-3)12(4,5)14/h7-8,10H,1-2,9H2,3-6H3/b11-10+. The van der Waals surface area contributed by atoms with E-state index in [1.165, 1.54) is 0 Å². The van der Waals surface area contributed by atoms with Crippen molar-refractivity contribution in [3.05, 3.63) is 37.0 Å². The van der Waals surface area contributed by atoms with E-state index in [0.29, 0.717) is 0 Å². The van der Waals surface area contributed by atoms with Crippen molar-refractivity contribution in [2.75, 3.05) is 0 Å².